The van der Waals surface area contributed by atoms with E-state index >= 15 is 0 Å². The van der Waals surface area contributed by atoms with Gasteiger partial charge in [0.15, 0.2) is 0 Å². The number of carbonyl (C=O) groups excluding carboxylic acids is 2. The van der Waals surface area contributed by atoms with E-state index in [0.29, 0.717) is 39.9 Å². The van der Waals surface area contributed by atoms with Crippen molar-refractivity contribution in [2.75, 3.05) is 11.9 Å². The van der Waals surface area contributed by atoms with Gasteiger partial charge in [-0.15, -0.1) is 0 Å². The van der Waals surface area contributed by atoms with E-state index in [1.807, 2.05) is 55.5 Å². The summed E-state index contributed by atoms with van der Waals surface area (Å²) in [5, 5.41) is 5.74. The monoisotopic (exact) mass is 470 g/mol. The lowest BCUT2D eigenvalue weighted by Gasteiger charge is -2.09. The number of hydrogen-bond acceptors (Lipinski definition) is 6. The second kappa shape index (κ2) is 11.1. The van der Waals surface area contributed by atoms with Crippen molar-refractivity contribution in [3.8, 4) is 17.2 Å². The number of ether oxygens (including phenoxy) is 1. The molecule has 0 saturated carbocycles. The van der Waals surface area contributed by atoms with Crippen molar-refractivity contribution in [1.82, 2.24) is 15.3 Å². The van der Waals surface area contributed by atoms with Crippen molar-refractivity contribution in [2.24, 2.45) is 0 Å². The second-order valence-corrected chi connectivity index (χ2v) is 7.90. The molecule has 178 valence electrons. The van der Waals surface area contributed by atoms with Crippen LogP contribution in [0.5, 0.6) is 5.75 Å². The number of benzene rings is 2. The van der Waals surface area contributed by atoms with E-state index in [1.54, 1.807) is 25.1 Å². The Balaban J connectivity index is 1.38. The Labute approximate surface area is 203 Å². The molecular weight excluding hydrogens is 444 g/mol. The van der Waals surface area contributed by atoms with Crippen molar-refractivity contribution in [3.63, 3.8) is 0 Å². The highest BCUT2D eigenvalue weighted by Crippen LogP contribution is 2.29. The fraction of sp³-hybridized carbons (Fsp3) is 0.185. The predicted octanol–water partition coefficient (Wildman–Crippen LogP) is 4.69. The summed E-state index contributed by atoms with van der Waals surface area (Å²) in [6.07, 6.45) is 1.73. The van der Waals surface area contributed by atoms with Crippen molar-refractivity contribution in [3.05, 3.63) is 95.6 Å². The number of anilines is 1. The van der Waals surface area contributed by atoms with Gasteiger partial charge in [-0.05, 0) is 50.2 Å². The van der Waals surface area contributed by atoms with E-state index in [1.165, 1.54) is 6.20 Å². The van der Waals surface area contributed by atoms with Crippen LogP contribution in [0.1, 0.15) is 33.9 Å². The first-order valence-corrected chi connectivity index (χ1v) is 11.2. The lowest BCUT2D eigenvalue weighted by Crippen LogP contribution is -2.23. The largest absolute Gasteiger partial charge is 0.493 e. The Morgan fingerprint density at radius 3 is 2.51 bits per heavy atom. The van der Waals surface area contributed by atoms with Crippen LogP contribution in [0.25, 0.3) is 11.5 Å². The zero-order chi connectivity index (χ0) is 24.6. The molecule has 0 spiro atoms. The minimum atomic E-state index is -0.244. The van der Waals surface area contributed by atoms with Crippen molar-refractivity contribution in [1.29, 1.82) is 0 Å². The molecule has 0 aliphatic heterocycles. The van der Waals surface area contributed by atoms with Gasteiger partial charge in [-0.3, -0.25) is 14.6 Å². The third-order valence-corrected chi connectivity index (χ3v) is 5.26. The third-order valence-electron chi connectivity index (χ3n) is 5.26. The minimum absolute atomic E-state index is 0.184. The average Bonchev–Trinajstić information content (AvgIpc) is 3.24. The minimum Gasteiger partial charge on any atom is -0.493 e. The molecule has 0 radical (unpaired) electrons. The molecule has 0 aliphatic carbocycles. The van der Waals surface area contributed by atoms with Crippen LogP contribution in [0.4, 0.5) is 5.69 Å². The van der Waals surface area contributed by atoms with Crippen LogP contribution >= 0.6 is 0 Å². The first-order valence-electron chi connectivity index (χ1n) is 11.2. The van der Waals surface area contributed by atoms with Crippen LogP contribution in [0, 0.1) is 13.8 Å². The zero-order valence-electron chi connectivity index (χ0n) is 19.6. The van der Waals surface area contributed by atoms with Gasteiger partial charge < -0.3 is 19.8 Å². The van der Waals surface area contributed by atoms with E-state index in [-0.39, 0.29) is 31.4 Å². The number of aromatic nitrogens is 2. The van der Waals surface area contributed by atoms with Gasteiger partial charge in [-0.1, -0.05) is 30.3 Å². The number of nitrogens with one attached hydrogen (secondary N) is 2. The number of oxazole rings is 1. The van der Waals surface area contributed by atoms with Gasteiger partial charge in [0.05, 0.1) is 36.4 Å². The number of pyridine rings is 1. The van der Waals surface area contributed by atoms with E-state index in [4.69, 9.17) is 9.15 Å². The molecule has 0 aliphatic rings. The summed E-state index contributed by atoms with van der Waals surface area (Å²) in [6, 6.07) is 20.1. The number of para-hydroxylation sites is 2. The van der Waals surface area contributed by atoms with Gasteiger partial charge in [0.1, 0.15) is 17.2 Å². The first-order chi connectivity index (χ1) is 17.0. The number of rotatable bonds is 9. The molecule has 8 heteroatoms. The summed E-state index contributed by atoms with van der Waals surface area (Å²) in [6.45, 7) is 4.11. The van der Waals surface area contributed by atoms with Crippen LogP contribution in [0.15, 0.2) is 77.3 Å². The maximum atomic E-state index is 12.5. The summed E-state index contributed by atoms with van der Waals surface area (Å²) < 4.78 is 11.5. The molecule has 2 N–H and O–H groups in total. The van der Waals surface area contributed by atoms with Gasteiger partial charge in [-0.2, -0.15) is 0 Å². The number of hydrogen-bond donors (Lipinski definition) is 2. The van der Waals surface area contributed by atoms with Crippen molar-refractivity contribution >= 4 is 17.5 Å². The Morgan fingerprint density at radius 2 is 1.74 bits per heavy atom. The van der Waals surface area contributed by atoms with Gasteiger partial charge in [-0.25, -0.2) is 4.98 Å². The first kappa shape index (κ1) is 23.7. The van der Waals surface area contributed by atoms with Crippen LogP contribution in [0.3, 0.4) is 0 Å². The quantitative estimate of drug-likeness (QED) is 0.368. The SMILES string of the molecule is Cc1ccc(C(=O)NCc2nc(-c3ccccc3NC(=O)CCOc3ccccc3)oc2C)cn1. The van der Waals surface area contributed by atoms with Crippen LogP contribution in [-0.4, -0.2) is 28.4 Å². The number of amides is 2. The van der Waals surface area contributed by atoms with E-state index in [2.05, 4.69) is 20.6 Å². The molecular formula is C27H26N4O4. The normalized spacial score (nSPS) is 10.6. The molecule has 4 rings (SSSR count). The average molecular weight is 471 g/mol. The Kier molecular flexibility index (Phi) is 7.52. The lowest BCUT2D eigenvalue weighted by molar-refractivity contribution is -0.116. The summed E-state index contributed by atoms with van der Waals surface area (Å²) in [7, 11) is 0. The third kappa shape index (κ3) is 6.32. The summed E-state index contributed by atoms with van der Waals surface area (Å²) in [5.74, 6) is 1.23. The van der Waals surface area contributed by atoms with E-state index < -0.39 is 0 Å². The van der Waals surface area contributed by atoms with Crippen LogP contribution < -0.4 is 15.4 Å². The summed E-state index contributed by atoms with van der Waals surface area (Å²) >= 11 is 0. The van der Waals surface area contributed by atoms with Crippen LogP contribution in [0.2, 0.25) is 0 Å². The molecule has 0 fully saturated rings. The van der Waals surface area contributed by atoms with Crippen molar-refractivity contribution in [2.45, 2.75) is 26.8 Å². The molecule has 0 bridgehead atoms. The predicted molar refractivity (Wildman–Crippen MR) is 132 cm³/mol. The van der Waals surface area contributed by atoms with Crippen LogP contribution in [-0.2, 0) is 11.3 Å². The Morgan fingerprint density at radius 1 is 0.971 bits per heavy atom. The maximum absolute atomic E-state index is 12.5. The van der Waals surface area contributed by atoms with Gasteiger partial charge in [0.25, 0.3) is 5.91 Å². The Bertz CT molecular complexity index is 1300. The molecule has 0 atom stereocenters. The van der Waals surface area contributed by atoms with Crippen molar-refractivity contribution < 1.29 is 18.7 Å². The molecule has 2 aromatic carbocycles. The molecule has 0 unspecified atom stereocenters. The highest BCUT2D eigenvalue weighted by atomic mass is 16.5. The molecule has 35 heavy (non-hydrogen) atoms. The molecule has 2 aromatic heterocycles. The smallest absolute Gasteiger partial charge is 0.253 e. The lowest BCUT2D eigenvalue weighted by atomic mass is 10.1. The van der Waals surface area contributed by atoms with Gasteiger partial charge in [0, 0.05) is 11.9 Å². The molecule has 8 nitrogen and oxygen atoms in total. The van der Waals surface area contributed by atoms with E-state index in [0.717, 1.165) is 5.69 Å². The van der Waals surface area contributed by atoms with E-state index in [9.17, 15) is 9.59 Å². The summed E-state index contributed by atoms with van der Waals surface area (Å²) in [5.41, 5.74) is 3.15. The zero-order valence-corrected chi connectivity index (χ0v) is 19.6. The molecule has 0 saturated heterocycles. The Hall–Kier alpha value is -4.46. The summed E-state index contributed by atoms with van der Waals surface area (Å²) in [4.78, 5) is 33.6. The number of aryl methyl sites for hydroxylation is 2. The molecule has 4 aromatic rings. The fourth-order valence-electron chi connectivity index (χ4n) is 3.35. The van der Waals surface area contributed by atoms with Gasteiger partial charge >= 0.3 is 0 Å². The molecule has 2 amide bonds. The van der Waals surface area contributed by atoms with Gasteiger partial charge in [0.2, 0.25) is 11.8 Å². The maximum Gasteiger partial charge on any atom is 0.253 e. The second-order valence-electron chi connectivity index (χ2n) is 7.90. The highest BCUT2D eigenvalue weighted by molar-refractivity contribution is 5.95. The highest BCUT2D eigenvalue weighted by Gasteiger charge is 2.17. The number of nitrogens with zero attached hydrogens (tertiary/aromatic N) is 2. The standard InChI is InChI=1S/C27H26N4O4/c1-18-12-13-20(16-28-18)26(33)29-17-24-19(2)35-27(31-24)22-10-6-7-11-23(22)30-25(32)14-15-34-21-8-4-3-5-9-21/h3-13,16H,14-15,17H2,1-2H3,(H,29,33)(H,30,32). The number of carbonyl (C=O) groups is 2. The fourth-order valence-corrected chi connectivity index (χ4v) is 3.35. The molecule has 2 heterocycles. The topological polar surface area (TPSA) is 106 Å².